The van der Waals surface area contributed by atoms with E-state index in [1.54, 1.807) is 6.26 Å². The predicted octanol–water partition coefficient (Wildman–Crippen LogP) is 1.28. The molecule has 1 atom stereocenters. The molecule has 7 heteroatoms. The molecule has 0 saturated carbocycles. The normalized spacial score (nSPS) is 26.7. The van der Waals surface area contributed by atoms with E-state index in [0.29, 0.717) is 11.5 Å². The van der Waals surface area contributed by atoms with Crippen LogP contribution in [-0.4, -0.2) is 66.9 Å². The van der Waals surface area contributed by atoms with Crippen molar-refractivity contribution < 1.29 is 12.8 Å². The van der Waals surface area contributed by atoms with E-state index in [0.717, 1.165) is 50.7 Å². The van der Waals surface area contributed by atoms with E-state index in [-0.39, 0.29) is 11.5 Å². The topological polar surface area (TPSA) is 66.7 Å². The van der Waals surface area contributed by atoms with Crippen LogP contribution in [0.25, 0.3) is 0 Å². The molecule has 0 bridgehead atoms. The summed E-state index contributed by atoms with van der Waals surface area (Å²) in [6, 6.07) is 0.219. The third-order valence-electron chi connectivity index (χ3n) is 4.81. The van der Waals surface area contributed by atoms with Crippen LogP contribution in [0.1, 0.15) is 38.8 Å². The number of hydrogen-bond donors (Lipinski definition) is 0. The van der Waals surface area contributed by atoms with Gasteiger partial charge in [0, 0.05) is 37.6 Å². The standard InChI is InChI=1S/C16H27N3O3S/c1-16(2,3)14-11-22-15(17-14)10-18-5-7-19(8-6-18)13-4-9-23(20,21)12-13/h11,13H,4-10,12H2,1-3H3. The molecule has 3 rings (SSSR count). The summed E-state index contributed by atoms with van der Waals surface area (Å²) in [6.45, 7) is 10.8. The van der Waals surface area contributed by atoms with Gasteiger partial charge < -0.3 is 4.42 Å². The van der Waals surface area contributed by atoms with Crippen molar-refractivity contribution in [2.45, 2.75) is 45.2 Å². The van der Waals surface area contributed by atoms with E-state index in [4.69, 9.17) is 4.42 Å². The van der Waals surface area contributed by atoms with E-state index in [9.17, 15) is 8.42 Å². The third-order valence-corrected chi connectivity index (χ3v) is 6.56. The first-order chi connectivity index (χ1) is 10.7. The highest BCUT2D eigenvalue weighted by atomic mass is 32.2. The summed E-state index contributed by atoms with van der Waals surface area (Å²) in [5.41, 5.74) is 0.997. The van der Waals surface area contributed by atoms with Crippen molar-refractivity contribution in [3.05, 3.63) is 17.8 Å². The van der Waals surface area contributed by atoms with Crippen molar-refractivity contribution in [3.8, 4) is 0 Å². The number of oxazole rings is 1. The monoisotopic (exact) mass is 341 g/mol. The molecule has 0 N–H and O–H groups in total. The van der Waals surface area contributed by atoms with Gasteiger partial charge in [-0.2, -0.15) is 0 Å². The summed E-state index contributed by atoms with van der Waals surface area (Å²) in [6.07, 6.45) is 2.55. The van der Waals surface area contributed by atoms with E-state index in [2.05, 4.69) is 35.6 Å². The van der Waals surface area contributed by atoms with Crippen LogP contribution in [0.2, 0.25) is 0 Å². The lowest BCUT2D eigenvalue weighted by Gasteiger charge is -2.37. The van der Waals surface area contributed by atoms with Gasteiger partial charge >= 0.3 is 0 Å². The van der Waals surface area contributed by atoms with E-state index in [1.165, 1.54) is 0 Å². The predicted molar refractivity (Wildman–Crippen MR) is 89.1 cm³/mol. The highest BCUT2D eigenvalue weighted by Crippen LogP contribution is 2.22. The maximum atomic E-state index is 11.6. The summed E-state index contributed by atoms with van der Waals surface area (Å²) in [5.74, 6) is 1.46. The molecular formula is C16H27N3O3S. The molecule has 1 aromatic heterocycles. The number of sulfone groups is 1. The first-order valence-corrected chi connectivity index (χ1v) is 10.2. The van der Waals surface area contributed by atoms with E-state index >= 15 is 0 Å². The third kappa shape index (κ3) is 4.14. The molecule has 2 aliphatic rings. The van der Waals surface area contributed by atoms with Crippen LogP contribution in [0.3, 0.4) is 0 Å². The Bertz CT molecular complexity index is 640. The summed E-state index contributed by atoms with van der Waals surface area (Å²) in [5, 5.41) is 0. The van der Waals surface area contributed by atoms with Crippen LogP contribution >= 0.6 is 0 Å². The average Bonchev–Trinajstić information content (AvgIpc) is 3.06. The lowest BCUT2D eigenvalue weighted by Crippen LogP contribution is -2.50. The number of nitrogens with zero attached hydrogens (tertiary/aromatic N) is 3. The molecule has 1 aromatic rings. The van der Waals surface area contributed by atoms with Gasteiger partial charge in [-0.15, -0.1) is 0 Å². The van der Waals surface area contributed by atoms with Crippen molar-refractivity contribution in [2.75, 3.05) is 37.7 Å². The molecule has 0 spiro atoms. The molecule has 2 saturated heterocycles. The molecule has 0 aliphatic carbocycles. The first kappa shape index (κ1) is 16.9. The molecule has 23 heavy (non-hydrogen) atoms. The zero-order valence-electron chi connectivity index (χ0n) is 14.3. The lowest BCUT2D eigenvalue weighted by molar-refractivity contribution is 0.0942. The number of aromatic nitrogens is 1. The van der Waals surface area contributed by atoms with Crippen LogP contribution in [0.4, 0.5) is 0 Å². The Morgan fingerprint density at radius 3 is 2.48 bits per heavy atom. The summed E-state index contributed by atoms with van der Waals surface area (Å²) in [7, 11) is -2.80. The molecule has 2 aliphatic heterocycles. The van der Waals surface area contributed by atoms with E-state index in [1.807, 2.05) is 0 Å². The van der Waals surface area contributed by atoms with Gasteiger partial charge in [0.25, 0.3) is 0 Å². The minimum atomic E-state index is -2.80. The van der Waals surface area contributed by atoms with Gasteiger partial charge in [-0.05, 0) is 6.42 Å². The first-order valence-electron chi connectivity index (χ1n) is 8.35. The zero-order valence-corrected chi connectivity index (χ0v) is 15.1. The van der Waals surface area contributed by atoms with Crippen LogP contribution in [0.15, 0.2) is 10.7 Å². The van der Waals surface area contributed by atoms with Gasteiger partial charge in [0.15, 0.2) is 9.84 Å². The summed E-state index contributed by atoms with van der Waals surface area (Å²) < 4.78 is 28.8. The maximum Gasteiger partial charge on any atom is 0.208 e. The Hall–Kier alpha value is -0.920. The Morgan fingerprint density at radius 2 is 1.96 bits per heavy atom. The second-order valence-electron chi connectivity index (χ2n) is 7.75. The molecule has 0 amide bonds. The second-order valence-corrected chi connectivity index (χ2v) is 9.97. The number of rotatable bonds is 3. The van der Waals surface area contributed by atoms with Crippen molar-refractivity contribution in [1.29, 1.82) is 0 Å². The van der Waals surface area contributed by atoms with Gasteiger partial charge in [-0.1, -0.05) is 20.8 Å². The largest absolute Gasteiger partial charge is 0.447 e. The number of hydrogen-bond acceptors (Lipinski definition) is 6. The second kappa shape index (κ2) is 6.18. The fourth-order valence-corrected chi connectivity index (χ4v) is 5.03. The highest BCUT2D eigenvalue weighted by Gasteiger charge is 2.33. The van der Waals surface area contributed by atoms with Crippen molar-refractivity contribution in [1.82, 2.24) is 14.8 Å². The average molecular weight is 341 g/mol. The van der Waals surface area contributed by atoms with Gasteiger partial charge in [0.2, 0.25) is 5.89 Å². The van der Waals surface area contributed by atoms with Crippen molar-refractivity contribution in [3.63, 3.8) is 0 Å². The van der Waals surface area contributed by atoms with Gasteiger partial charge in [0.1, 0.15) is 6.26 Å². The van der Waals surface area contributed by atoms with Crippen molar-refractivity contribution in [2.24, 2.45) is 0 Å². The molecule has 3 heterocycles. The van der Waals surface area contributed by atoms with Crippen LogP contribution < -0.4 is 0 Å². The van der Waals surface area contributed by atoms with Crippen molar-refractivity contribution >= 4 is 9.84 Å². The van der Waals surface area contributed by atoms with E-state index < -0.39 is 9.84 Å². The lowest BCUT2D eigenvalue weighted by atomic mass is 9.93. The van der Waals surface area contributed by atoms with Crippen LogP contribution in [0.5, 0.6) is 0 Å². The Kier molecular flexibility index (Phi) is 4.55. The highest BCUT2D eigenvalue weighted by molar-refractivity contribution is 7.91. The fourth-order valence-electron chi connectivity index (χ4n) is 3.27. The minimum Gasteiger partial charge on any atom is -0.447 e. The molecule has 1 unspecified atom stereocenters. The molecule has 0 aromatic carbocycles. The summed E-state index contributed by atoms with van der Waals surface area (Å²) >= 11 is 0. The van der Waals surface area contributed by atoms with Crippen LogP contribution in [0, 0.1) is 0 Å². The fraction of sp³-hybridized carbons (Fsp3) is 0.812. The Labute approximate surface area is 138 Å². The van der Waals surface area contributed by atoms with Crippen LogP contribution in [-0.2, 0) is 21.8 Å². The molecule has 130 valence electrons. The SMILES string of the molecule is CC(C)(C)c1coc(CN2CCN(C3CCS(=O)(=O)C3)CC2)n1. The Balaban J connectivity index is 1.51. The zero-order chi connectivity index (χ0) is 16.7. The molecular weight excluding hydrogens is 314 g/mol. The molecule has 0 radical (unpaired) electrons. The quantitative estimate of drug-likeness (QED) is 0.825. The minimum absolute atomic E-state index is 0.00835. The Morgan fingerprint density at radius 1 is 1.26 bits per heavy atom. The molecule has 6 nitrogen and oxygen atoms in total. The maximum absolute atomic E-state index is 11.6. The summed E-state index contributed by atoms with van der Waals surface area (Å²) in [4.78, 5) is 9.25. The van der Waals surface area contributed by atoms with Gasteiger partial charge in [-0.3, -0.25) is 9.80 Å². The number of piperazine rings is 1. The molecule has 2 fully saturated rings. The van der Waals surface area contributed by atoms with Gasteiger partial charge in [0.05, 0.1) is 23.7 Å². The smallest absolute Gasteiger partial charge is 0.208 e. The van der Waals surface area contributed by atoms with Gasteiger partial charge in [-0.25, -0.2) is 13.4 Å².